The quantitative estimate of drug-likeness (QED) is 0.164. The van der Waals surface area contributed by atoms with Gasteiger partial charge in [0.05, 0.1) is 49.3 Å². The number of carbonyl (C=O) groups excluding carboxylic acids is 1. The predicted molar refractivity (Wildman–Crippen MR) is 171 cm³/mol. The molecular formula is C31H33ClN8OS. The first-order valence-electron chi connectivity index (χ1n) is 13.8. The highest BCUT2D eigenvalue weighted by atomic mass is 35.5. The molecule has 1 amide bonds. The standard InChI is InChI=1S/C31H33ClN8OS/c1-5-18-14-34-26-21(25(18)35-16-30(2,3)4)12-19(13-22(26)32)37-27(20-8-6-9-23-28(20)42-17-36-23)24-15-40(39-38-24)31(29(33)41)10-7-11-31/h1,6,8-9,12-15,17,27,37-39H,7,10-11,16H2,2-4H3,(H2,33,41)(H,34,35)/t27-/m0/s1. The summed E-state index contributed by atoms with van der Waals surface area (Å²) in [7, 11) is 0. The van der Waals surface area contributed by atoms with E-state index >= 15 is 0 Å². The molecule has 42 heavy (non-hydrogen) atoms. The van der Waals surface area contributed by atoms with E-state index in [0.29, 0.717) is 35.5 Å². The third kappa shape index (κ3) is 4.98. The van der Waals surface area contributed by atoms with E-state index in [2.05, 4.69) is 64.3 Å². The fourth-order valence-electron chi connectivity index (χ4n) is 5.44. The molecule has 1 aliphatic heterocycles. The molecule has 6 rings (SSSR count). The van der Waals surface area contributed by atoms with Crippen LogP contribution in [0.5, 0.6) is 0 Å². The SMILES string of the molecule is C#Cc1cnc2c(Cl)cc(N[C@H](C3=CN(C4(C(N)=O)CCC4)NN3)c3cccc4ncsc34)cc2c1NCC(C)(C)C. The Labute approximate surface area is 253 Å². The molecule has 2 aliphatic rings. The van der Waals surface area contributed by atoms with Gasteiger partial charge in [-0.2, -0.15) is 0 Å². The summed E-state index contributed by atoms with van der Waals surface area (Å²) in [4.78, 5) is 21.6. The molecule has 0 spiro atoms. The minimum atomic E-state index is -0.757. The van der Waals surface area contributed by atoms with E-state index < -0.39 is 5.54 Å². The van der Waals surface area contributed by atoms with Gasteiger partial charge in [0, 0.05) is 30.0 Å². The average molecular weight is 601 g/mol. The average Bonchev–Trinajstić information content (AvgIpc) is 3.59. The number of anilines is 2. The van der Waals surface area contributed by atoms with Crippen LogP contribution in [-0.2, 0) is 4.79 Å². The van der Waals surface area contributed by atoms with Crippen LogP contribution in [0.3, 0.4) is 0 Å². The number of hydrazine groups is 2. The van der Waals surface area contributed by atoms with Crippen molar-refractivity contribution < 1.29 is 4.79 Å². The molecule has 1 atom stereocenters. The molecular weight excluding hydrogens is 568 g/mol. The number of carbonyl (C=O) groups is 1. The Morgan fingerprint density at radius 1 is 1.31 bits per heavy atom. The maximum atomic E-state index is 12.5. The van der Waals surface area contributed by atoms with Gasteiger partial charge < -0.3 is 21.8 Å². The number of hydrogen-bond acceptors (Lipinski definition) is 9. The number of fused-ring (bicyclic) bond motifs is 2. The van der Waals surface area contributed by atoms with Crippen LogP contribution in [0.15, 0.2) is 53.9 Å². The Hall–Kier alpha value is -4.04. The van der Waals surface area contributed by atoms with Gasteiger partial charge in [-0.1, -0.05) is 50.4 Å². The van der Waals surface area contributed by atoms with Crippen molar-refractivity contribution in [2.24, 2.45) is 11.1 Å². The number of thiazole rings is 1. The third-order valence-corrected chi connectivity index (χ3v) is 9.06. The minimum Gasteiger partial charge on any atom is -0.383 e. The second-order valence-electron chi connectivity index (χ2n) is 12.0. The van der Waals surface area contributed by atoms with Gasteiger partial charge in [0.15, 0.2) is 0 Å². The zero-order valence-electron chi connectivity index (χ0n) is 23.7. The Kier molecular flexibility index (Phi) is 7.13. The summed E-state index contributed by atoms with van der Waals surface area (Å²) < 4.78 is 1.06. The van der Waals surface area contributed by atoms with Crippen LogP contribution in [0.25, 0.3) is 21.1 Å². The first kappa shape index (κ1) is 28.1. The number of halogens is 1. The number of rotatable bonds is 8. The third-order valence-electron chi connectivity index (χ3n) is 7.89. The first-order valence-corrected chi connectivity index (χ1v) is 15.1. The van der Waals surface area contributed by atoms with Crippen molar-refractivity contribution in [2.45, 2.75) is 51.6 Å². The highest BCUT2D eigenvalue weighted by Gasteiger charge is 2.49. The van der Waals surface area contributed by atoms with E-state index in [1.54, 1.807) is 22.5 Å². The van der Waals surface area contributed by atoms with Gasteiger partial charge in [-0.15, -0.1) is 23.3 Å². The smallest absolute Gasteiger partial charge is 0.244 e. The van der Waals surface area contributed by atoms with Crippen molar-refractivity contribution in [3.8, 4) is 12.3 Å². The molecule has 3 heterocycles. The lowest BCUT2D eigenvalue weighted by atomic mass is 9.75. The number of amides is 1. The highest BCUT2D eigenvalue weighted by Crippen LogP contribution is 2.41. The normalized spacial score (nSPS) is 16.8. The molecule has 1 fully saturated rings. The summed E-state index contributed by atoms with van der Waals surface area (Å²) >= 11 is 8.42. The topological polar surface area (TPSA) is 120 Å². The Balaban J connectivity index is 1.45. The molecule has 6 N–H and O–H groups in total. The van der Waals surface area contributed by atoms with E-state index in [1.807, 2.05) is 36.0 Å². The number of aromatic nitrogens is 2. The van der Waals surface area contributed by atoms with Crippen LogP contribution in [0, 0.1) is 17.8 Å². The van der Waals surface area contributed by atoms with Crippen molar-refractivity contribution >= 4 is 61.3 Å². The molecule has 4 aromatic rings. The lowest BCUT2D eigenvalue weighted by Crippen LogP contribution is -2.63. The Morgan fingerprint density at radius 2 is 2.12 bits per heavy atom. The molecule has 216 valence electrons. The zero-order chi connectivity index (χ0) is 29.6. The maximum absolute atomic E-state index is 12.5. The number of nitrogens with one attached hydrogen (secondary N) is 4. The minimum absolute atomic E-state index is 0.0296. The molecule has 0 saturated heterocycles. The van der Waals surface area contributed by atoms with E-state index in [-0.39, 0.29) is 17.4 Å². The number of primary amides is 1. The van der Waals surface area contributed by atoms with Gasteiger partial charge in [0.1, 0.15) is 5.54 Å². The van der Waals surface area contributed by atoms with Crippen molar-refractivity contribution in [3.05, 3.63) is 70.1 Å². The van der Waals surface area contributed by atoms with Gasteiger partial charge in [-0.05, 0) is 48.4 Å². The van der Waals surface area contributed by atoms with Gasteiger partial charge in [0.25, 0.3) is 0 Å². The zero-order valence-corrected chi connectivity index (χ0v) is 25.3. The number of benzene rings is 2. The van der Waals surface area contributed by atoms with Crippen LogP contribution in [-0.4, -0.2) is 33.0 Å². The highest BCUT2D eigenvalue weighted by molar-refractivity contribution is 7.17. The summed E-state index contributed by atoms with van der Waals surface area (Å²) in [5, 5.41) is 10.4. The number of nitrogens with two attached hydrogens (primary N) is 1. The van der Waals surface area contributed by atoms with Gasteiger partial charge in [0.2, 0.25) is 5.91 Å². The van der Waals surface area contributed by atoms with Crippen molar-refractivity contribution in [3.63, 3.8) is 0 Å². The largest absolute Gasteiger partial charge is 0.383 e. The second kappa shape index (κ2) is 10.7. The van der Waals surface area contributed by atoms with Crippen molar-refractivity contribution in [1.29, 1.82) is 0 Å². The second-order valence-corrected chi connectivity index (χ2v) is 13.3. The fraction of sp³-hybridized carbons (Fsp3) is 0.323. The number of nitrogens with zero attached hydrogens (tertiary/aromatic N) is 3. The van der Waals surface area contributed by atoms with Crippen LogP contribution in [0.1, 0.15) is 57.2 Å². The van der Waals surface area contributed by atoms with E-state index in [1.165, 1.54) is 0 Å². The van der Waals surface area contributed by atoms with E-state index in [4.69, 9.17) is 23.8 Å². The van der Waals surface area contributed by atoms with Crippen LogP contribution < -0.4 is 27.3 Å². The molecule has 11 heteroatoms. The van der Waals surface area contributed by atoms with Crippen molar-refractivity contribution in [1.82, 2.24) is 25.9 Å². The molecule has 2 aromatic heterocycles. The van der Waals surface area contributed by atoms with Crippen molar-refractivity contribution in [2.75, 3.05) is 17.2 Å². The number of pyridine rings is 1. The molecule has 0 unspecified atom stereocenters. The molecule has 1 aliphatic carbocycles. The molecule has 2 aromatic carbocycles. The van der Waals surface area contributed by atoms with Crippen LogP contribution in [0.4, 0.5) is 11.4 Å². The lowest BCUT2D eigenvalue weighted by molar-refractivity contribution is -0.136. The fourth-order valence-corrected chi connectivity index (χ4v) is 6.55. The number of hydrogen-bond donors (Lipinski definition) is 5. The monoisotopic (exact) mass is 600 g/mol. The molecule has 1 saturated carbocycles. The summed E-state index contributed by atoms with van der Waals surface area (Å²) in [5.74, 6) is 2.42. The van der Waals surface area contributed by atoms with E-state index in [0.717, 1.165) is 44.7 Å². The maximum Gasteiger partial charge on any atom is 0.244 e. The number of terminal acetylenes is 1. The lowest BCUT2D eigenvalue weighted by Gasteiger charge is -2.44. The summed E-state index contributed by atoms with van der Waals surface area (Å²) in [6.07, 6.45) is 11.8. The summed E-state index contributed by atoms with van der Waals surface area (Å²) in [6, 6.07) is 9.62. The predicted octanol–water partition coefficient (Wildman–Crippen LogP) is 5.66. The van der Waals surface area contributed by atoms with Crippen LogP contribution >= 0.6 is 22.9 Å². The molecule has 0 bridgehead atoms. The Bertz CT molecular complexity index is 1760. The van der Waals surface area contributed by atoms with E-state index in [9.17, 15) is 4.79 Å². The summed E-state index contributed by atoms with van der Waals surface area (Å²) in [6.45, 7) is 7.20. The van der Waals surface area contributed by atoms with Gasteiger partial charge >= 0.3 is 0 Å². The molecule has 9 nitrogen and oxygen atoms in total. The van der Waals surface area contributed by atoms with Gasteiger partial charge in [-0.25, -0.2) is 4.98 Å². The first-order chi connectivity index (χ1) is 20.1. The molecule has 0 radical (unpaired) electrons. The summed E-state index contributed by atoms with van der Waals surface area (Å²) in [5.41, 5.74) is 19.1. The van der Waals surface area contributed by atoms with Gasteiger partial charge in [-0.3, -0.25) is 14.8 Å². The Morgan fingerprint density at radius 3 is 2.81 bits per heavy atom. The van der Waals surface area contributed by atoms with Crippen LogP contribution in [0.2, 0.25) is 5.02 Å².